The minimum absolute atomic E-state index is 0.00547. The van der Waals surface area contributed by atoms with Crippen molar-refractivity contribution in [2.75, 3.05) is 13.2 Å². The van der Waals surface area contributed by atoms with Crippen molar-refractivity contribution in [3.8, 4) is 0 Å². The molecule has 4 heteroatoms. The molecule has 0 aromatic carbocycles. The van der Waals surface area contributed by atoms with Crippen molar-refractivity contribution in [1.82, 2.24) is 0 Å². The summed E-state index contributed by atoms with van der Waals surface area (Å²) in [6, 6.07) is 0. The van der Waals surface area contributed by atoms with Crippen molar-refractivity contribution in [1.29, 1.82) is 0 Å². The number of carbonyl (C=O) groups excluding carboxylic acids is 1. The van der Waals surface area contributed by atoms with Gasteiger partial charge in [-0.15, -0.1) is 6.58 Å². The van der Waals surface area contributed by atoms with Crippen molar-refractivity contribution in [3.63, 3.8) is 0 Å². The fourth-order valence-corrected chi connectivity index (χ4v) is 8.50. The number of ether oxygens (including phenoxy) is 2. The van der Waals surface area contributed by atoms with Crippen molar-refractivity contribution < 1.29 is 19.4 Å². The van der Waals surface area contributed by atoms with E-state index < -0.39 is 11.9 Å². The summed E-state index contributed by atoms with van der Waals surface area (Å²) in [7, 11) is 0. The average molecular weight is 389 g/mol. The van der Waals surface area contributed by atoms with Gasteiger partial charge in [0.05, 0.1) is 13.2 Å². The zero-order valence-electron chi connectivity index (χ0n) is 17.5. The lowest BCUT2D eigenvalue weighted by molar-refractivity contribution is -0.226. The smallest absolute Gasteiger partial charge is 0.193 e. The molecule has 0 amide bonds. The van der Waals surface area contributed by atoms with Crippen LogP contribution in [0, 0.1) is 40.4 Å². The van der Waals surface area contributed by atoms with Crippen LogP contribution < -0.4 is 0 Å². The first kappa shape index (κ1) is 19.3. The predicted molar refractivity (Wildman–Crippen MR) is 106 cm³/mol. The Morgan fingerprint density at radius 1 is 1.04 bits per heavy atom. The number of Topliss-reactive ketones (excluding diaryl/α,β-unsaturated/α-hetero) is 1. The molecule has 0 spiro atoms. The lowest BCUT2D eigenvalue weighted by Gasteiger charge is -2.62. The number of allylic oxidation sites excluding steroid dienone is 1. The lowest BCUT2D eigenvalue weighted by atomic mass is 9.43. The maximum Gasteiger partial charge on any atom is 0.193 e. The number of hydrogen-bond acceptors (Lipinski definition) is 4. The Labute approximate surface area is 169 Å². The zero-order chi connectivity index (χ0) is 19.7. The second-order valence-corrected chi connectivity index (χ2v) is 10.9. The van der Waals surface area contributed by atoms with Crippen LogP contribution in [0.3, 0.4) is 0 Å². The van der Waals surface area contributed by atoms with E-state index in [0.29, 0.717) is 55.1 Å². The summed E-state index contributed by atoms with van der Waals surface area (Å²) in [5.74, 6) is 3.05. The topological polar surface area (TPSA) is 55.8 Å². The molecule has 28 heavy (non-hydrogen) atoms. The van der Waals surface area contributed by atoms with Gasteiger partial charge < -0.3 is 14.6 Å². The van der Waals surface area contributed by atoms with E-state index in [1.54, 1.807) is 0 Å². The van der Waals surface area contributed by atoms with Gasteiger partial charge in [0, 0.05) is 6.42 Å². The largest absolute Gasteiger partial charge is 0.377 e. The molecule has 1 aliphatic heterocycles. The SMILES string of the molecule is C=C[C@H]1CC[C@H]2[C@@H]3CCC4CC(=O)C(O)(C5OCCO5)C[C@]4(C)[C@H]3CC[C@]12C. The van der Waals surface area contributed by atoms with E-state index in [-0.39, 0.29) is 11.2 Å². The third-order valence-electron chi connectivity index (χ3n) is 10.00. The lowest BCUT2D eigenvalue weighted by Crippen LogP contribution is -2.63. The molecule has 5 fully saturated rings. The second kappa shape index (κ2) is 6.39. The molecule has 156 valence electrons. The van der Waals surface area contributed by atoms with Crippen LogP contribution in [0.4, 0.5) is 0 Å². The van der Waals surface area contributed by atoms with E-state index in [4.69, 9.17) is 9.47 Å². The van der Waals surface area contributed by atoms with Crippen molar-refractivity contribution in [3.05, 3.63) is 12.7 Å². The monoisotopic (exact) mass is 388 g/mol. The molecule has 5 rings (SSSR count). The quantitative estimate of drug-likeness (QED) is 0.723. The number of hydrogen-bond donors (Lipinski definition) is 1. The average Bonchev–Trinajstić information content (AvgIpc) is 3.30. The van der Waals surface area contributed by atoms with Crippen LogP contribution in [0.5, 0.6) is 0 Å². The highest BCUT2D eigenvalue weighted by Gasteiger charge is 2.64. The standard InChI is InChI=1S/C24H36O4/c1-4-15-6-8-18-17-7-5-16-13-20(25)24(26,21-27-11-12-28-21)14-23(16,3)19(17)9-10-22(15,18)2/h4,15-19,21,26H,1,5-14H2,2-3H3/t15-,16?,17-,18-,19-,22+,23-,24?/m0/s1. The van der Waals surface area contributed by atoms with Gasteiger partial charge >= 0.3 is 0 Å². The zero-order valence-corrected chi connectivity index (χ0v) is 17.5. The van der Waals surface area contributed by atoms with Crippen LogP contribution in [-0.4, -0.2) is 36.0 Å². The van der Waals surface area contributed by atoms with E-state index in [1.807, 2.05) is 0 Å². The van der Waals surface area contributed by atoms with Gasteiger partial charge in [0.15, 0.2) is 17.7 Å². The Hall–Kier alpha value is -0.710. The summed E-state index contributed by atoms with van der Waals surface area (Å²) in [5.41, 5.74) is -1.08. The molecule has 1 N–H and O–H groups in total. The molecule has 4 nitrogen and oxygen atoms in total. The summed E-state index contributed by atoms with van der Waals surface area (Å²) in [5, 5.41) is 11.4. The third kappa shape index (κ3) is 2.43. The summed E-state index contributed by atoms with van der Waals surface area (Å²) in [4.78, 5) is 13.0. The first-order valence-corrected chi connectivity index (χ1v) is 11.4. The van der Waals surface area contributed by atoms with E-state index in [1.165, 1.54) is 32.1 Å². The number of fused-ring (bicyclic) bond motifs is 5. The molecular weight excluding hydrogens is 352 g/mol. The minimum atomic E-state index is -1.47. The van der Waals surface area contributed by atoms with Gasteiger partial charge in [-0.25, -0.2) is 0 Å². The van der Waals surface area contributed by atoms with Crippen LogP contribution in [0.1, 0.15) is 65.2 Å². The molecule has 0 bridgehead atoms. The van der Waals surface area contributed by atoms with E-state index in [0.717, 1.165) is 12.3 Å². The Balaban J connectivity index is 1.46. The van der Waals surface area contributed by atoms with Crippen molar-refractivity contribution >= 4 is 5.78 Å². The first-order valence-electron chi connectivity index (χ1n) is 11.4. The Morgan fingerprint density at radius 2 is 1.75 bits per heavy atom. The maximum atomic E-state index is 13.0. The normalized spacial score (nSPS) is 54.1. The summed E-state index contributed by atoms with van der Waals surface area (Å²) in [6.45, 7) is 9.94. The van der Waals surface area contributed by atoms with Gasteiger partial charge in [0.25, 0.3) is 0 Å². The van der Waals surface area contributed by atoms with Crippen molar-refractivity contribution in [2.45, 2.75) is 77.1 Å². The Morgan fingerprint density at radius 3 is 2.46 bits per heavy atom. The number of carbonyl (C=O) groups is 1. The van der Waals surface area contributed by atoms with E-state index >= 15 is 0 Å². The number of aliphatic hydroxyl groups is 1. The maximum absolute atomic E-state index is 13.0. The molecule has 5 aliphatic rings. The van der Waals surface area contributed by atoms with E-state index in [2.05, 4.69) is 26.5 Å². The van der Waals surface area contributed by atoms with Gasteiger partial charge in [-0.2, -0.15) is 0 Å². The van der Waals surface area contributed by atoms with Crippen molar-refractivity contribution in [2.24, 2.45) is 40.4 Å². The van der Waals surface area contributed by atoms with Gasteiger partial charge in [-0.05, 0) is 85.4 Å². The van der Waals surface area contributed by atoms with Crippen LogP contribution in [0.2, 0.25) is 0 Å². The minimum Gasteiger partial charge on any atom is -0.377 e. The van der Waals surface area contributed by atoms with E-state index in [9.17, 15) is 9.90 Å². The molecule has 0 radical (unpaired) electrons. The van der Waals surface area contributed by atoms with Crippen LogP contribution >= 0.6 is 0 Å². The molecule has 1 saturated heterocycles. The molecule has 4 aliphatic carbocycles. The first-order chi connectivity index (χ1) is 13.3. The number of rotatable bonds is 2. The number of ketones is 1. The Bertz CT molecular complexity index is 670. The second-order valence-electron chi connectivity index (χ2n) is 10.9. The molecular formula is C24H36O4. The summed E-state index contributed by atoms with van der Waals surface area (Å²) < 4.78 is 11.3. The van der Waals surface area contributed by atoms with Crippen LogP contribution in [0.25, 0.3) is 0 Å². The highest BCUT2D eigenvalue weighted by Crippen LogP contribution is 2.68. The molecule has 8 atom stereocenters. The fraction of sp³-hybridized carbons (Fsp3) is 0.875. The molecule has 1 heterocycles. The van der Waals surface area contributed by atoms with Crippen LogP contribution in [0.15, 0.2) is 12.7 Å². The molecule has 0 aromatic rings. The van der Waals surface area contributed by atoms with Gasteiger partial charge in [0.2, 0.25) is 0 Å². The highest BCUT2D eigenvalue weighted by molar-refractivity contribution is 5.89. The third-order valence-corrected chi connectivity index (χ3v) is 10.00. The van der Waals surface area contributed by atoms with Crippen LogP contribution in [-0.2, 0) is 14.3 Å². The predicted octanol–water partition coefficient (Wildman–Crippen LogP) is 4.11. The molecule has 2 unspecified atom stereocenters. The molecule has 0 aromatic heterocycles. The fourth-order valence-electron chi connectivity index (χ4n) is 8.50. The summed E-state index contributed by atoms with van der Waals surface area (Å²) >= 11 is 0. The van der Waals surface area contributed by atoms with Gasteiger partial charge in [0.1, 0.15) is 0 Å². The Kier molecular flexibility index (Phi) is 4.40. The summed E-state index contributed by atoms with van der Waals surface area (Å²) in [6.07, 6.45) is 9.85. The molecule has 4 saturated carbocycles. The highest BCUT2D eigenvalue weighted by atomic mass is 16.7. The van der Waals surface area contributed by atoms with Gasteiger partial charge in [-0.1, -0.05) is 19.9 Å². The van der Waals surface area contributed by atoms with Gasteiger partial charge in [-0.3, -0.25) is 4.79 Å².